The van der Waals surface area contributed by atoms with Crippen LogP contribution >= 0.6 is 11.6 Å². The predicted octanol–water partition coefficient (Wildman–Crippen LogP) is 2.88. The molecule has 0 aliphatic rings. The lowest BCUT2D eigenvalue weighted by molar-refractivity contribution is -0.0710. The van der Waals surface area contributed by atoms with Gasteiger partial charge in [0.15, 0.2) is 0 Å². The average molecular weight is 431 g/mol. The summed E-state index contributed by atoms with van der Waals surface area (Å²) < 4.78 is 1.69. The quantitative estimate of drug-likeness (QED) is 0.428. The molecule has 0 saturated heterocycles. The fourth-order valence-electron chi connectivity index (χ4n) is 3.55. The maximum Gasteiger partial charge on any atom is 0.252 e. The maximum atomic E-state index is 12.0. The topological polar surface area (TPSA) is 99.1 Å². The standard InChI is InChI=1S/C21H27ClN6O2/c1-3-27(12-11-26(2)30)19(15-7-4-5-8-17(15)22)14-24-20-16(21(23)29)13-25-28-10-6-9-18(20)28/h4-10,13,19,24,30H,3,11-12,14H2,1-2H3,(H2,23,29). The number of anilines is 1. The Morgan fingerprint density at radius 1 is 1.30 bits per heavy atom. The van der Waals surface area contributed by atoms with Crippen LogP contribution in [0.5, 0.6) is 0 Å². The number of aromatic nitrogens is 2. The highest BCUT2D eigenvalue weighted by molar-refractivity contribution is 6.31. The molecule has 3 rings (SSSR count). The van der Waals surface area contributed by atoms with E-state index in [1.165, 1.54) is 6.20 Å². The number of likely N-dealkylation sites (N-methyl/N-ethyl adjacent to an activating group) is 2. The molecular formula is C21H27ClN6O2. The van der Waals surface area contributed by atoms with Crippen molar-refractivity contribution in [2.75, 3.05) is 38.5 Å². The summed E-state index contributed by atoms with van der Waals surface area (Å²) in [6.07, 6.45) is 3.28. The van der Waals surface area contributed by atoms with Crippen LogP contribution in [0.4, 0.5) is 5.69 Å². The Morgan fingerprint density at radius 2 is 2.07 bits per heavy atom. The Balaban J connectivity index is 1.95. The molecule has 0 saturated carbocycles. The third-order valence-electron chi connectivity index (χ3n) is 5.12. The van der Waals surface area contributed by atoms with E-state index in [1.807, 2.05) is 42.6 Å². The van der Waals surface area contributed by atoms with Crippen molar-refractivity contribution in [3.05, 3.63) is 64.9 Å². The molecular weight excluding hydrogens is 404 g/mol. The second-order valence-corrected chi connectivity index (χ2v) is 7.47. The first kappa shape index (κ1) is 22.0. The minimum Gasteiger partial charge on any atom is -0.381 e. The molecule has 8 nitrogen and oxygen atoms in total. The van der Waals surface area contributed by atoms with Gasteiger partial charge in [0.2, 0.25) is 0 Å². The molecule has 4 N–H and O–H groups in total. The Kier molecular flexibility index (Phi) is 7.28. The minimum absolute atomic E-state index is 0.0902. The van der Waals surface area contributed by atoms with Crippen LogP contribution in [0.15, 0.2) is 48.8 Å². The molecule has 0 fully saturated rings. The van der Waals surface area contributed by atoms with E-state index in [0.29, 0.717) is 35.9 Å². The Hall–Kier alpha value is -2.65. The molecule has 2 heterocycles. The number of hydrogen-bond donors (Lipinski definition) is 3. The first-order valence-electron chi connectivity index (χ1n) is 9.80. The van der Waals surface area contributed by atoms with Crippen molar-refractivity contribution in [3.8, 4) is 0 Å². The van der Waals surface area contributed by atoms with E-state index in [2.05, 4.69) is 22.2 Å². The van der Waals surface area contributed by atoms with Crippen molar-refractivity contribution >= 4 is 28.7 Å². The third kappa shape index (κ3) is 4.91. The van der Waals surface area contributed by atoms with Crippen LogP contribution < -0.4 is 11.1 Å². The van der Waals surface area contributed by atoms with E-state index in [0.717, 1.165) is 22.7 Å². The lowest BCUT2D eigenvalue weighted by Gasteiger charge is -2.33. The molecule has 9 heteroatoms. The maximum absolute atomic E-state index is 12.0. The molecule has 1 amide bonds. The Bertz CT molecular complexity index is 1010. The molecule has 0 radical (unpaired) electrons. The van der Waals surface area contributed by atoms with Crippen molar-refractivity contribution < 1.29 is 10.0 Å². The summed E-state index contributed by atoms with van der Waals surface area (Å²) in [5.74, 6) is -0.544. The van der Waals surface area contributed by atoms with Gasteiger partial charge in [0.25, 0.3) is 5.91 Å². The van der Waals surface area contributed by atoms with Gasteiger partial charge < -0.3 is 16.3 Å². The molecule has 0 aliphatic heterocycles. The zero-order valence-corrected chi connectivity index (χ0v) is 17.9. The van der Waals surface area contributed by atoms with Crippen molar-refractivity contribution in [1.29, 1.82) is 0 Å². The van der Waals surface area contributed by atoms with Crippen molar-refractivity contribution in [2.45, 2.75) is 13.0 Å². The van der Waals surface area contributed by atoms with Crippen molar-refractivity contribution in [2.24, 2.45) is 5.73 Å². The van der Waals surface area contributed by atoms with Gasteiger partial charge in [-0.05, 0) is 30.3 Å². The molecule has 0 spiro atoms. The number of hydrogen-bond acceptors (Lipinski definition) is 6. The predicted molar refractivity (Wildman–Crippen MR) is 118 cm³/mol. The van der Waals surface area contributed by atoms with E-state index < -0.39 is 5.91 Å². The van der Waals surface area contributed by atoms with Gasteiger partial charge in [0.1, 0.15) is 0 Å². The fraction of sp³-hybridized carbons (Fsp3) is 0.333. The second kappa shape index (κ2) is 9.90. The summed E-state index contributed by atoms with van der Waals surface area (Å²) >= 11 is 6.52. The summed E-state index contributed by atoms with van der Waals surface area (Å²) in [5, 5.41) is 19.1. The van der Waals surface area contributed by atoms with Crippen LogP contribution in [-0.2, 0) is 0 Å². The van der Waals surface area contributed by atoms with Crippen LogP contribution in [0.3, 0.4) is 0 Å². The first-order valence-corrected chi connectivity index (χ1v) is 10.2. The molecule has 2 aromatic heterocycles. The highest BCUT2D eigenvalue weighted by Crippen LogP contribution is 2.29. The summed E-state index contributed by atoms with van der Waals surface area (Å²) in [4.78, 5) is 14.2. The molecule has 30 heavy (non-hydrogen) atoms. The molecule has 0 bridgehead atoms. The highest BCUT2D eigenvalue weighted by Gasteiger charge is 2.23. The van der Waals surface area contributed by atoms with Crippen LogP contribution in [-0.4, -0.2) is 63.9 Å². The van der Waals surface area contributed by atoms with Crippen molar-refractivity contribution in [3.63, 3.8) is 0 Å². The summed E-state index contributed by atoms with van der Waals surface area (Å²) in [6.45, 7) is 4.43. The van der Waals surface area contributed by atoms with E-state index in [9.17, 15) is 10.0 Å². The van der Waals surface area contributed by atoms with Crippen LogP contribution in [0.2, 0.25) is 5.02 Å². The lowest BCUT2D eigenvalue weighted by Crippen LogP contribution is -2.38. The number of nitrogens with one attached hydrogen (secondary N) is 1. The number of amides is 1. The number of halogens is 1. The largest absolute Gasteiger partial charge is 0.381 e. The SMILES string of the molecule is CCN(CCN(C)O)C(CNc1c(C(N)=O)cnn2cccc12)c1ccccc1Cl. The monoisotopic (exact) mass is 430 g/mol. The molecule has 160 valence electrons. The van der Waals surface area contributed by atoms with Crippen LogP contribution in [0, 0.1) is 0 Å². The fourth-order valence-corrected chi connectivity index (χ4v) is 3.82. The van der Waals surface area contributed by atoms with Gasteiger partial charge in [-0.3, -0.25) is 9.69 Å². The number of hydroxylamine groups is 2. The molecule has 1 unspecified atom stereocenters. The van der Waals surface area contributed by atoms with Gasteiger partial charge in [0, 0.05) is 37.9 Å². The lowest BCUT2D eigenvalue weighted by atomic mass is 10.0. The Labute approximate surface area is 180 Å². The van der Waals surface area contributed by atoms with Crippen LogP contribution in [0.1, 0.15) is 28.9 Å². The number of fused-ring (bicyclic) bond motifs is 1. The summed E-state index contributed by atoms with van der Waals surface area (Å²) in [6, 6.07) is 11.4. The Morgan fingerprint density at radius 3 is 2.73 bits per heavy atom. The number of nitrogens with two attached hydrogens (primary N) is 1. The van der Waals surface area contributed by atoms with Crippen LogP contribution in [0.25, 0.3) is 5.52 Å². The smallest absolute Gasteiger partial charge is 0.252 e. The third-order valence-corrected chi connectivity index (χ3v) is 5.47. The van der Waals surface area contributed by atoms with Gasteiger partial charge >= 0.3 is 0 Å². The number of benzene rings is 1. The van der Waals surface area contributed by atoms with Gasteiger partial charge in [-0.15, -0.1) is 0 Å². The van der Waals surface area contributed by atoms with E-state index in [4.69, 9.17) is 17.3 Å². The molecule has 1 aromatic carbocycles. The number of primary amides is 1. The van der Waals surface area contributed by atoms with Crippen molar-refractivity contribution in [1.82, 2.24) is 19.6 Å². The highest BCUT2D eigenvalue weighted by atomic mass is 35.5. The van der Waals surface area contributed by atoms with Gasteiger partial charge in [-0.25, -0.2) is 4.52 Å². The van der Waals surface area contributed by atoms with E-state index >= 15 is 0 Å². The van der Waals surface area contributed by atoms with Gasteiger partial charge in [0.05, 0.1) is 29.0 Å². The average Bonchev–Trinajstić information content (AvgIpc) is 3.19. The van der Waals surface area contributed by atoms with E-state index in [-0.39, 0.29) is 6.04 Å². The molecule has 0 aliphatic carbocycles. The normalized spacial score (nSPS) is 12.6. The molecule has 3 aromatic rings. The summed E-state index contributed by atoms with van der Waals surface area (Å²) in [5.41, 5.74) is 8.29. The van der Waals surface area contributed by atoms with Gasteiger partial charge in [-0.1, -0.05) is 36.7 Å². The summed E-state index contributed by atoms with van der Waals surface area (Å²) in [7, 11) is 1.62. The zero-order valence-electron chi connectivity index (χ0n) is 17.1. The minimum atomic E-state index is -0.544. The molecule has 1 atom stereocenters. The first-order chi connectivity index (χ1) is 14.4. The number of rotatable bonds is 10. The number of nitrogens with zero attached hydrogens (tertiary/aromatic N) is 4. The zero-order chi connectivity index (χ0) is 21.7. The number of carbonyl (C=O) groups excluding carboxylic acids is 1. The van der Waals surface area contributed by atoms with E-state index in [1.54, 1.807) is 11.6 Å². The number of carbonyl (C=O) groups is 1. The second-order valence-electron chi connectivity index (χ2n) is 7.06. The van der Waals surface area contributed by atoms with Gasteiger partial charge in [-0.2, -0.15) is 10.2 Å².